The molecule has 8 heteroatoms. The highest BCUT2D eigenvalue weighted by Gasteiger charge is 2.52. The number of rotatable bonds is 8. The number of ether oxygens (including phenoxy) is 1. The molecule has 6 nitrogen and oxygen atoms in total. The molecular formula is C27H39Cl2N3O3. The molecule has 2 saturated heterocycles. The molecule has 35 heavy (non-hydrogen) atoms. The fraction of sp³-hybridized carbons (Fsp3) is 0.704. The van der Waals surface area contributed by atoms with Gasteiger partial charge in [0.25, 0.3) is 5.91 Å². The first-order chi connectivity index (χ1) is 16.2. The van der Waals surface area contributed by atoms with Crippen molar-refractivity contribution in [3.63, 3.8) is 0 Å². The van der Waals surface area contributed by atoms with Crippen LogP contribution in [-0.4, -0.2) is 57.4 Å². The van der Waals surface area contributed by atoms with E-state index in [9.17, 15) is 9.59 Å². The van der Waals surface area contributed by atoms with Crippen LogP contribution in [0, 0.1) is 5.92 Å². The molecule has 4 rings (SSSR count). The Labute approximate surface area is 219 Å². The van der Waals surface area contributed by atoms with Crippen LogP contribution in [-0.2, 0) is 9.59 Å². The van der Waals surface area contributed by atoms with Gasteiger partial charge in [0.1, 0.15) is 10.1 Å². The standard InChI is InChI=1S/C27H39Cl2N3O3/c1-25(2,3)31-23(33)16-32-19-8-9-20(32)13-17(12-19)15-30-24(34)26(4,5)35-21-10-6-18(7-11-21)22-14-27(22,28)29/h6-7,10-11,17,19-20,22H,8-9,12-16H2,1-5H3,(H,30,34)(H,31,33)/t17-,19-,20+,22?. The molecule has 3 aliphatic rings. The van der Waals surface area contributed by atoms with Gasteiger partial charge in [0, 0.05) is 30.1 Å². The number of nitrogens with one attached hydrogen (secondary N) is 2. The summed E-state index contributed by atoms with van der Waals surface area (Å²) in [5.74, 6) is 1.19. The summed E-state index contributed by atoms with van der Waals surface area (Å²) in [6.45, 7) is 10.7. The van der Waals surface area contributed by atoms with E-state index in [0.717, 1.165) is 37.7 Å². The van der Waals surface area contributed by atoms with Crippen molar-refractivity contribution in [2.75, 3.05) is 13.1 Å². The summed E-state index contributed by atoms with van der Waals surface area (Å²) in [4.78, 5) is 27.8. The molecule has 1 aromatic carbocycles. The maximum atomic E-state index is 13.0. The average molecular weight is 525 g/mol. The third kappa shape index (κ3) is 6.64. The topological polar surface area (TPSA) is 70.7 Å². The van der Waals surface area contributed by atoms with Gasteiger partial charge < -0.3 is 15.4 Å². The molecule has 1 aromatic rings. The quantitative estimate of drug-likeness (QED) is 0.481. The van der Waals surface area contributed by atoms with Gasteiger partial charge in [-0.1, -0.05) is 12.1 Å². The van der Waals surface area contributed by atoms with Crippen LogP contribution in [0.1, 0.15) is 78.2 Å². The van der Waals surface area contributed by atoms with E-state index < -0.39 is 9.93 Å². The van der Waals surface area contributed by atoms with Gasteiger partial charge in [-0.3, -0.25) is 14.5 Å². The van der Waals surface area contributed by atoms with Crippen molar-refractivity contribution in [3.8, 4) is 5.75 Å². The number of amides is 2. The number of carbonyl (C=O) groups excluding carboxylic acids is 2. The summed E-state index contributed by atoms with van der Waals surface area (Å²) in [5, 5.41) is 6.20. The molecule has 1 saturated carbocycles. The van der Waals surface area contributed by atoms with Crippen LogP contribution in [0.5, 0.6) is 5.75 Å². The van der Waals surface area contributed by atoms with Crippen LogP contribution in [0.15, 0.2) is 24.3 Å². The molecule has 0 radical (unpaired) electrons. The van der Waals surface area contributed by atoms with E-state index in [0.29, 0.717) is 36.8 Å². The lowest BCUT2D eigenvalue weighted by molar-refractivity contribution is -0.134. The molecule has 0 spiro atoms. The lowest BCUT2D eigenvalue weighted by atomic mass is 9.90. The number of halogens is 2. The van der Waals surface area contributed by atoms with E-state index in [4.69, 9.17) is 27.9 Å². The molecule has 1 aliphatic carbocycles. The summed E-state index contributed by atoms with van der Waals surface area (Å²) in [7, 11) is 0. The number of fused-ring (bicyclic) bond motifs is 2. The SMILES string of the molecule is CC(C)(C)NC(=O)CN1[C@@H]2CC[C@H]1C[C@H](CNC(=O)C(C)(C)Oc1ccc(C3CC3(Cl)Cl)cc1)C2. The fourth-order valence-corrected chi connectivity index (χ4v) is 6.13. The number of nitrogens with zero attached hydrogens (tertiary/aromatic N) is 1. The zero-order valence-electron chi connectivity index (χ0n) is 21.5. The average Bonchev–Trinajstić information content (AvgIpc) is 3.32. The van der Waals surface area contributed by atoms with E-state index in [1.165, 1.54) is 0 Å². The van der Waals surface area contributed by atoms with Gasteiger partial charge in [0.05, 0.1) is 6.54 Å². The van der Waals surface area contributed by atoms with Crippen molar-refractivity contribution in [2.45, 2.75) is 100 Å². The summed E-state index contributed by atoms with van der Waals surface area (Å²) in [6.07, 6.45) is 5.02. The highest BCUT2D eigenvalue weighted by Crippen LogP contribution is 2.59. The molecule has 2 heterocycles. The molecule has 3 fully saturated rings. The minimum Gasteiger partial charge on any atom is -0.478 e. The van der Waals surface area contributed by atoms with Crippen molar-refractivity contribution in [3.05, 3.63) is 29.8 Å². The number of alkyl halides is 2. The first-order valence-electron chi connectivity index (χ1n) is 12.8. The summed E-state index contributed by atoms with van der Waals surface area (Å²) >= 11 is 12.3. The van der Waals surface area contributed by atoms with Crippen molar-refractivity contribution < 1.29 is 14.3 Å². The number of piperidine rings is 1. The summed E-state index contributed by atoms with van der Waals surface area (Å²) in [6, 6.07) is 8.49. The van der Waals surface area contributed by atoms with Gasteiger partial charge in [-0.05, 0) is 90.3 Å². The Hall–Kier alpha value is -1.50. The highest BCUT2D eigenvalue weighted by molar-refractivity contribution is 6.51. The van der Waals surface area contributed by atoms with E-state index in [2.05, 4.69) is 15.5 Å². The van der Waals surface area contributed by atoms with Crippen molar-refractivity contribution in [1.82, 2.24) is 15.5 Å². The van der Waals surface area contributed by atoms with Gasteiger partial charge in [-0.2, -0.15) is 0 Å². The predicted octanol–water partition coefficient (Wildman–Crippen LogP) is 4.78. The van der Waals surface area contributed by atoms with Gasteiger partial charge in [0.2, 0.25) is 5.91 Å². The number of hydrogen-bond donors (Lipinski definition) is 2. The number of hydrogen-bond acceptors (Lipinski definition) is 4. The number of carbonyl (C=O) groups is 2. The highest BCUT2D eigenvalue weighted by atomic mass is 35.5. The third-order valence-corrected chi connectivity index (χ3v) is 8.24. The first-order valence-corrected chi connectivity index (χ1v) is 13.5. The second kappa shape index (κ2) is 9.75. The molecule has 2 bridgehead atoms. The second-order valence-corrected chi connectivity index (χ2v) is 13.6. The van der Waals surface area contributed by atoms with Crippen LogP contribution >= 0.6 is 23.2 Å². The molecular weight excluding hydrogens is 485 g/mol. The normalized spacial score (nSPS) is 27.9. The zero-order valence-corrected chi connectivity index (χ0v) is 23.0. The molecule has 2 amide bonds. The van der Waals surface area contributed by atoms with Crippen LogP contribution in [0.2, 0.25) is 0 Å². The lowest BCUT2D eigenvalue weighted by Gasteiger charge is -2.39. The molecule has 4 atom stereocenters. The Kier molecular flexibility index (Phi) is 7.40. The summed E-state index contributed by atoms with van der Waals surface area (Å²) in [5.41, 5.74) is -0.122. The molecule has 0 aromatic heterocycles. The minimum absolute atomic E-state index is 0.0925. The minimum atomic E-state index is -0.992. The molecule has 2 aliphatic heterocycles. The Morgan fingerprint density at radius 3 is 2.14 bits per heavy atom. The van der Waals surface area contributed by atoms with Crippen LogP contribution in [0.3, 0.4) is 0 Å². The smallest absolute Gasteiger partial charge is 0.263 e. The second-order valence-electron chi connectivity index (χ2n) is 12.1. The van der Waals surface area contributed by atoms with E-state index in [1.54, 1.807) is 13.8 Å². The van der Waals surface area contributed by atoms with Crippen molar-refractivity contribution in [1.29, 1.82) is 0 Å². The third-order valence-electron chi connectivity index (χ3n) is 7.40. The molecule has 2 N–H and O–H groups in total. The van der Waals surface area contributed by atoms with E-state index in [1.807, 2.05) is 45.0 Å². The zero-order chi connectivity index (χ0) is 25.6. The van der Waals surface area contributed by atoms with Gasteiger partial charge >= 0.3 is 0 Å². The Morgan fingerprint density at radius 1 is 1.06 bits per heavy atom. The largest absolute Gasteiger partial charge is 0.478 e. The fourth-order valence-electron chi connectivity index (χ4n) is 5.57. The maximum Gasteiger partial charge on any atom is 0.263 e. The Balaban J connectivity index is 1.24. The van der Waals surface area contributed by atoms with Crippen LogP contribution in [0.25, 0.3) is 0 Å². The lowest BCUT2D eigenvalue weighted by Crippen LogP contribution is -2.53. The van der Waals surface area contributed by atoms with E-state index in [-0.39, 0.29) is 23.3 Å². The monoisotopic (exact) mass is 523 g/mol. The molecule has 1 unspecified atom stereocenters. The Morgan fingerprint density at radius 2 is 1.63 bits per heavy atom. The first kappa shape index (κ1) is 26.6. The van der Waals surface area contributed by atoms with Crippen molar-refractivity contribution in [2.24, 2.45) is 5.92 Å². The Bertz CT molecular complexity index is 928. The predicted molar refractivity (Wildman–Crippen MR) is 140 cm³/mol. The summed E-state index contributed by atoms with van der Waals surface area (Å²) < 4.78 is 5.38. The van der Waals surface area contributed by atoms with Crippen molar-refractivity contribution >= 4 is 35.0 Å². The van der Waals surface area contributed by atoms with Gasteiger partial charge in [-0.25, -0.2) is 0 Å². The van der Waals surface area contributed by atoms with Crippen LogP contribution < -0.4 is 15.4 Å². The number of benzene rings is 1. The van der Waals surface area contributed by atoms with Crippen LogP contribution in [0.4, 0.5) is 0 Å². The molecule has 194 valence electrons. The van der Waals surface area contributed by atoms with Gasteiger partial charge in [-0.15, -0.1) is 23.2 Å². The van der Waals surface area contributed by atoms with E-state index >= 15 is 0 Å². The maximum absolute atomic E-state index is 13.0. The van der Waals surface area contributed by atoms with Gasteiger partial charge in [0.15, 0.2) is 5.60 Å².